The minimum absolute atomic E-state index is 0.0428. The molecule has 0 aliphatic heterocycles. The molecule has 1 atom stereocenters. The van der Waals surface area contributed by atoms with Gasteiger partial charge in [0, 0.05) is 19.0 Å². The van der Waals surface area contributed by atoms with E-state index in [4.69, 9.17) is 23.2 Å². The van der Waals surface area contributed by atoms with Gasteiger partial charge in [0.1, 0.15) is 0 Å². The lowest BCUT2D eigenvalue weighted by Gasteiger charge is -2.19. The predicted molar refractivity (Wildman–Crippen MR) is 90.3 cm³/mol. The first-order chi connectivity index (χ1) is 8.99. The van der Waals surface area contributed by atoms with Gasteiger partial charge >= 0.3 is 0 Å². The van der Waals surface area contributed by atoms with E-state index in [1.807, 2.05) is 37.3 Å². The van der Waals surface area contributed by atoms with Crippen molar-refractivity contribution >= 4 is 60.7 Å². The number of anilines is 1. The second-order valence-corrected chi connectivity index (χ2v) is 6.68. The molecule has 0 saturated carbocycles. The Balaban J connectivity index is 2.31. The highest BCUT2D eigenvalue weighted by molar-refractivity contribution is 9.11. The summed E-state index contributed by atoms with van der Waals surface area (Å²) in [6, 6.07) is 11.5. The van der Waals surface area contributed by atoms with Gasteiger partial charge in [-0.05, 0) is 74.7 Å². The second kappa shape index (κ2) is 6.49. The maximum atomic E-state index is 6.21. The van der Waals surface area contributed by atoms with Crippen LogP contribution in [-0.4, -0.2) is 0 Å². The first-order valence-electron chi connectivity index (χ1n) is 5.64. The van der Waals surface area contributed by atoms with Gasteiger partial charge in [0.25, 0.3) is 0 Å². The summed E-state index contributed by atoms with van der Waals surface area (Å²) in [5.74, 6) is 0. The number of rotatable bonds is 3. The molecular weight excluding hydrogens is 413 g/mol. The summed E-state index contributed by atoms with van der Waals surface area (Å²) >= 11 is 19.3. The Hall–Kier alpha value is -0.220. The first kappa shape index (κ1) is 15.2. The lowest BCUT2D eigenvalue weighted by atomic mass is 10.1. The van der Waals surface area contributed by atoms with E-state index >= 15 is 0 Å². The third-order valence-corrected chi connectivity index (χ3v) is 4.65. The molecule has 0 radical (unpaired) electrons. The van der Waals surface area contributed by atoms with Crippen molar-refractivity contribution in [3.05, 3.63) is 61.0 Å². The van der Waals surface area contributed by atoms with Crippen molar-refractivity contribution in [2.24, 2.45) is 0 Å². The first-order valence-corrected chi connectivity index (χ1v) is 7.98. The molecule has 1 N–H and O–H groups in total. The number of nitrogens with one attached hydrogen (secondary N) is 1. The third kappa shape index (κ3) is 3.66. The molecule has 0 spiro atoms. The Kier molecular flexibility index (Phi) is 5.18. The van der Waals surface area contributed by atoms with Crippen LogP contribution in [-0.2, 0) is 0 Å². The summed E-state index contributed by atoms with van der Waals surface area (Å²) in [7, 11) is 0. The van der Waals surface area contributed by atoms with E-state index in [0.29, 0.717) is 10.0 Å². The minimum atomic E-state index is 0.0428. The van der Waals surface area contributed by atoms with Crippen molar-refractivity contribution in [2.45, 2.75) is 13.0 Å². The van der Waals surface area contributed by atoms with Crippen LogP contribution in [0.2, 0.25) is 10.0 Å². The number of hydrogen-bond donors (Lipinski definition) is 1. The molecule has 0 fully saturated rings. The largest absolute Gasteiger partial charge is 0.377 e. The van der Waals surface area contributed by atoms with E-state index < -0.39 is 0 Å². The molecule has 1 nitrogen and oxygen atoms in total. The zero-order chi connectivity index (χ0) is 14.0. The zero-order valence-electron chi connectivity index (χ0n) is 10.1. The van der Waals surface area contributed by atoms with Gasteiger partial charge < -0.3 is 5.32 Å². The molecule has 2 aromatic carbocycles. The van der Waals surface area contributed by atoms with Crippen LogP contribution >= 0.6 is 55.1 Å². The fraction of sp³-hybridized carbons (Fsp3) is 0.143. The van der Waals surface area contributed by atoms with Gasteiger partial charge in [-0.15, -0.1) is 0 Å². The number of benzene rings is 2. The zero-order valence-corrected chi connectivity index (χ0v) is 14.7. The highest BCUT2D eigenvalue weighted by atomic mass is 79.9. The van der Waals surface area contributed by atoms with Crippen molar-refractivity contribution in [3.63, 3.8) is 0 Å². The standard InChI is InChI=1S/C14H11Br2Cl2N/c1-8(10-7-9(17)5-6-13(10)18)19-14-11(15)3-2-4-12(14)16/h2-8,19H,1H3. The Labute approximate surface area is 139 Å². The van der Waals surface area contributed by atoms with Crippen molar-refractivity contribution < 1.29 is 0 Å². The van der Waals surface area contributed by atoms with E-state index in [1.54, 1.807) is 6.07 Å². The Morgan fingerprint density at radius 3 is 2.32 bits per heavy atom. The molecule has 1 unspecified atom stereocenters. The van der Waals surface area contributed by atoms with Crippen LogP contribution in [0.3, 0.4) is 0 Å². The lowest BCUT2D eigenvalue weighted by Crippen LogP contribution is -2.08. The molecule has 0 heterocycles. The summed E-state index contributed by atoms with van der Waals surface area (Å²) in [5, 5.41) is 4.81. The van der Waals surface area contributed by atoms with Crippen LogP contribution in [0.4, 0.5) is 5.69 Å². The molecular formula is C14H11Br2Cl2N. The van der Waals surface area contributed by atoms with Crippen molar-refractivity contribution in [1.82, 2.24) is 0 Å². The Morgan fingerprint density at radius 1 is 1.05 bits per heavy atom. The van der Waals surface area contributed by atoms with Gasteiger partial charge in [0.05, 0.1) is 11.7 Å². The Morgan fingerprint density at radius 2 is 1.68 bits per heavy atom. The van der Waals surface area contributed by atoms with Crippen molar-refractivity contribution in [3.8, 4) is 0 Å². The maximum Gasteiger partial charge on any atom is 0.0633 e. The van der Waals surface area contributed by atoms with Crippen LogP contribution in [0, 0.1) is 0 Å². The summed E-state index contributed by atoms with van der Waals surface area (Å²) in [6.07, 6.45) is 0. The average Bonchev–Trinajstić information content (AvgIpc) is 2.37. The van der Waals surface area contributed by atoms with Crippen molar-refractivity contribution in [2.75, 3.05) is 5.32 Å². The quantitative estimate of drug-likeness (QED) is 0.579. The summed E-state index contributed by atoms with van der Waals surface area (Å²) in [6.45, 7) is 2.05. The van der Waals surface area contributed by atoms with Crippen LogP contribution in [0.1, 0.15) is 18.5 Å². The summed E-state index contributed by atoms with van der Waals surface area (Å²) < 4.78 is 1.98. The van der Waals surface area contributed by atoms with Crippen molar-refractivity contribution in [1.29, 1.82) is 0 Å². The SMILES string of the molecule is CC(Nc1c(Br)cccc1Br)c1cc(Cl)ccc1Cl. The molecule has 0 aromatic heterocycles. The Bertz CT molecular complexity index is 582. The van der Waals surface area contributed by atoms with E-state index in [1.165, 1.54) is 0 Å². The normalized spacial score (nSPS) is 12.3. The third-order valence-electron chi connectivity index (χ3n) is 2.75. The van der Waals surface area contributed by atoms with Crippen LogP contribution in [0.5, 0.6) is 0 Å². The molecule has 100 valence electrons. The molecule has 0 bridgehead atoms. The molecule has 0 amide bonds. The average molecular weight is 424 g/mol. The van der Waals surface area contributed by atoms with E-state index in [-0.39, 0.29) is 6.04 Å². The molecule has 0 aliphatic rings. The van der Waals surface area contributed by atoms with Gasteiger partial charge in [-0.2, -0.15) is 0 Å². The molecule has 5 heteroatoms. The van der Waals surface area contributed by atoms with Gasteiger partial charge in [-0.3, -0.25) is 0 Å². The molecule has 2 rings (SSSR count). The second-order valence-electron chi connectivity index (χ2n) is 4.13. The fourth-order valence-corrected chi connectivity index (χ4v) is 3.47. The number of halogens is 4. The maximum absolute atomic E-state index is 6.21. The highest BCUT2D eigenvalue weighted by Crippen LogP contribution is 2.35. The summed E-state index contributed by atoms with van der Waals surface area (Å²) in [5.41, 5.74) is 1.96. The predicted octanol–water partition coefficient (Wildman–Crippen LogP) is 6.69. The molecule has 0 saturated heterocycles. The van der Waals surface area contributed by atoms with E-state index in [2.05, 4.69) is 37.2 Å². The van der Waals surface area contributed by atoms with Crippen LogP contribution in [0.15, 0.2) is 45.3 Å². The van der Waals surface area contributed by atoms with Crippen LogP contribution in [0.25, 0.3) is 0 Å². The fourth-order valence-electron chi connectivity index (χ4n) is 1.78. The number of hydrogen-bond acceptors (Lipinski definition) is 1. The topological polar surface area (TPSA) is 12.0 Å². The monoisotopic (exact) mass is 421 g/mol. The molecule has 19 heavy (non-hydrogen) atoms. The van der Waals surface area contributed by atoms with Gasteiger partial charge in [-0.25, -0.2) is 0 Å². The molecule has 0 aliphatic carbocycles. The smallest absolute Gasteiger partial charge is 0.0633 e. The van der Waals surface area contributed by atoms with Gasteiger partial charge in [0.2, 0.25) is 0 Å². The molecule has 2 aromatic rings. The summed E-state index contributed by atoms with van der Waals surface area (Å²) in [4.78, 5) is 0. The minimum Gasteiger partial charge on any atom is -0.377 e. The van der Waals surface area contributed by atoms with E-state index in [0.717, 1.165) is 20.2 Å². The van der Waals surface area contributed by atoms with Crippen LogP contribution < -0.4 is 5.32 Å². The van der Waals surface area contributed by atoms with Gasteiger partial charge in [0.15, 0.2) is 0 Å². The van der Waals surface area contributed by atoms with E-state index in [9.17, 15) is 0 Å². The lowest BCUT2D eigenvalue weighted by molar-refractivity contribution is 0.882. The van der Waals surface area contributed by atoms with Gasteiger partial charge in [-0.1, -0.05) is 29.3 Å². The highest BCUT2D eigenvalue weighted by Gasteiger charge is 2.13. The number of para-hydroxylation sites is 1.